The van der Waals surface area contributed by atoms with Gasteiger partial charge in [0.15, 0.2) is 5.58 Å². The molecule has 1 fully saturated rings. The molecule has 0 unspecified atom stereocenters. The Bertz CT molecular complexity index is 560. The SMILES string of the molecule is CCCCN(Cc1nc2ccc(N)cc2o1)C1CC1. The largest absolute Gasteiger partial charge is 0.439 e. The summed E-state index contributed by atoms with van der Waals surface area (Å²) in [6, 6.07) is 6.38. The molecule has 1 aliphatic rings. The molecule has 0 spiro atoms. The Kier molecular flexibility index (Phi) is 3.42. The Morgan fingerprint density at radius 3 is 3.00 bits per heavy atom. The summed E-state index contributed by atoms with van der Waals surface area (Å²) in [6.45, 7) is 4.19. The van der Waals surface area contributed by atoms with Crippen molar-refractivity contribution in [3.63, 3.8) is 0 Å². The fraction of sp³-hybridized carbons (Fsp3) is 0.533. The van der Waals surface area contributed by atoms with Gasteiger partial charge < -0.3 is 10.2 Å². The van der Waals surface area contributed by atoms with Crippen molar-refractivity contribution in [1.82, 2.24) is 9.88 Å². The summed E-state index contributed by atoms with van der Waals surface area (Å²) >= 11 is 0. The first kappa shape index (κ1) is 12.5. The molecule has 0 atom stereocenters. The van der Waals surface area contributed by atoms with Crippen LogP contribution in [-0.2, 0) is 6.54 Å². The highest BCUT2D eigenvalue weighted by atomic mass is 16.3. The van der Waals surface area contributed by atoms with Crippen LogP contribution in [0.4, 0.5) is 5.69 Å². The molecule has 102 valence electrons. The third-order valence-electron chi connectivity index (χ3n) is 3.66. The molecule has 1 aromatic heterocycles. The third-order valence-corrected chi connectivity index (χ3v) is 3.66. The second kappa shape index (κ2) is 5.21. The molecule has 1 aromatic carbocycles. The Morgan fingerprint density at radius 2 is 2.26 bits per heavy atom. The zero-order chi connectivity index (χ0) is 13.2. The van der Waals surface area contributed by atoms with Crippen LogP contribution in [0.25, 0.3) is 11.1 Å². The minimum absolute atomic E-state index is 0.722. The average Bonchev–Trinajstić information content (AvgIpc) is 3.15. The summed E-state index contributed by atoms with van der Waals surface area (Å²) in [5.74, 6) is 0.809. The first-order valence-electron chi connectivity index (χ1n) is 7.15. The monoisotopic (exact) mass is 259 g/mol. The highest BCUT2D eigenvalue weighted by Crippen LogP contribution is 2.29. The molecule has 19 heavy (non-hydrogen) atoms. The maximum absolute atomic E-state index is 5.80. The van der Waals surface area contributed by atoms with Gasteiger partial charge in [0.05, 0.1) is 6.54 Å². The van der Waals surface area contributed by atoms with E-state index in [9.17, 15) is 0 Å². The number of benzene rings is 1. The van der Waals surface area contributed by atoms with E-state index >= 15 is 0 Å². The van der Waals surface area contributed by atoms with E-state index in [1.165, 1.54) is 25.7 Å². The van der Waals surface area contributed by atoms with Crippen LogP contribution in [0.5, 0.6) is 0 Å². The van der Waals surface area contributed by atoms with Crippen LogP contribution in [0.2, 0.25) is 0 Å². The van der Waals surface area contributed by atoms with Gasteiger partial charge in [0.1, 0.15) is 5.52 Å². The fourth-order valence-corrected chi connectivity index (χ4v) is 2.42. The first-order valence-corrected chi connectivity index (χ1v) is 7.15. The molecule has 0 aliphatic heterocycles. The van der Waals surface area contributed by atoms with Crippen LogP contribution in [0.3, 0.4) is 0 Å². The minimum Gasteiger partial charge on any atom is -0.439 e. The van der Waals surface area contributed by atoms with Crippen LogP contribution < -0.4 is 5.73 Å². The lowest BCUT2D eigenvalue weighted by Crippen LogP contribution is -2.26. The number of hydrogen-bond donors (Lipinski definition) is 1. The van der Waals surface area contributed by atoms with Crippen LogP contribution in [0.15, 0.2) is 22.6 Å². The van der Waals surface area contributed by atoms with Crippen molar-refractivity contribution in [3.8, 4) is 0 Å². The van der Waals surface area contributed by atoms with Gasteiger partial charge in [-0.3, -0.25) is 4.90 Å². The summed E-state index contributed by atoms with van der Waals surface area (Å²) in [5, 5.41) is 0. The first-order chi connectivity index (χ1) is 9.26. The van der Waals surface area contributed by atoms with E-state index in [2.05, 4.69) is 16.8 Å². The van der Waals surface area contributed by atoms with Crippen molar-refractivity contribution in [3.05, 3.63) is 24.1 Å². The van der Waals surface area contributed by atoms with Crippen molar-refractivity contribution < 1.29 is 4.42 Å². The summed E-state index contributed by atoms with van der Waals surface area (Å²) in [4.78, 5) is 7.05. The third kappa shape index (κ3) is 2.89. The smallest absolute Gasteiger partial charge is 0.209 e. The van der Waals surface area contributed by atoms with Crippen LogP contribution in [0.1, 0.15) is 38.5 Å². The molecule has 2 N–H and O–H groups in total. The van der Waals surface area contributed by atoms with Gasteiger partial charge in [-0.15, -0.1) is 0 Å². The normalized spacial score (nSPS) is 15.5. The van der Waals surface area contributed by atoms with Gasteiger partial charge in [-0.25, -0.2) is 4.98 Å². The van der Waals surface area contributed by atoms with Crippen molar-refractivity contribution >= 4 is 16.8 Å². The maximum atomic E-state index is 5.80. The highest BCUT2D eigenvalue weighted by molar-refractivity contribution is 5.76. The van der Waals surface area contributed by atoms with Crippen LogP contribution in [-0.4, -0.2) is 22.5 Å². The Labute approximate surface area is 113 Å². The van der Waals surface area contributed by atoms with E-state index in [0.29, 0.717) is 0 Å². The van der Waals surface area contributed by atoms with E-state index < -0.39 is 0 Å². The standard InChI is InChI=1S/C15H21N3O/c1-2-3-8-18(12-5-6-12)10-15-17-13-7-4-11(16)9-14(13)19-15/h4,7,9,12H,2-3,5-6,8,10,16H2,1H3. The molecule has 0 amide bonds. The average molecular weight is 259 g/mol. The number of nitrogens with zero attached hydrogens (tertiary/aromatic N) is 2. The lowest BCUT2D eigenvalue weighted by Gasteiger charge is -2.19. The lowest BCUT2D eigenvalue weighted by atomic mass is 10.3. The van der Waals surface area contributed by atoms with Gasteiger partial charge in [0, 0.05) is 17.8 Å². The number of nitrogen functional groups attached to an aromatic ring is 1. The molecular formula is C15H21N3O. The second-order valence-electron chi connectivity index (χ2n) is 5.39. The number of anilines is 1. The van der Waals surface area contributed by atoms with E-state index in [-0.39, 0.29) is 0 Å². The zero-order valence-corrected chi connectivity index (χ0v) is 11.4. The van der Waals surface area contributed by atoms with E-state index in [1.807, 2.05) is 18.2 Å². The molecule has 1 heterocycles. The van der Waals surface area contributed by atoms with E-state index in [4.69, 9.17) is 10.2 Å². The van der Waals surface area contributed by atoms with Crippen LogP contribution >= 0.6 is 0 Å². The highest BCUT2D eigenvalue weighted by Gasteiger charge is 2.29. The van der Waals surface area contributed by atoms with Crippen LogP contribution in [0, 0.1) is 0 Å². The molecule has 1 saturated carbocycles. The van der Waals surface area contributed by atoms with Crippen molar-refractivity contribution in [2.75, 3.05) is 12.3 Å². The van der Waals surface area contributed by atoms with Crippen molar-refractivity contribution in [1.29, 1.82) is 0 Å². The molecule has 4 nitrogen and oxygen atoms in total. The molecule has 0 radical (unpaired) electrons. The number of aromatic nitrogens is 1. The predicted molar refractivity (Wildman–Crippen MR) is 76.8 cm³/mol. The van der Waals surface area contributed by atoms with Crippen molar-refractivity contribution in [2.24, 2.45) is 0 Å². The minimum atomic E-state index is 0.722. The summed E-state index contributed by atoms with van der Waals surface area (Å²) in [7, 11) is 0. The van der Waals surface area contributed by atoms with Gasteiger partial charge in [-0.05, 0) is 37.9 Å². The quantitative estimate of drug-likeness (QED) is 0.809. The molecule has 3 rings (SSSR count). The van der Waals surface area contributed by atoms with Gasteiger partial charge in [0.2, 0.25) is 5.89 Å². The molecule has 2 aromatic rings. The van der Waals surface area contributed by atoms with Gasteiger partial charge in [0.25, 0.3) is 0 Å². The summed E-state index contributed by atoms with van der Waals surface area (Å²) in [6.07, 6.45) is 5.10. The Morgan fingerprint density at radius 1 is 1.42 bits per heavy atom. The number of nitrogens with two attached hydrogens (primary N) is 1. The molecule has 1 aliphatic carbocycles. The molecular weight excluding hydrogens is 238 g/mol. The Balaban J connectivity index is 1.75. The maximum Gasteiger partial charge on any atom is 0.209 e. The summed E-state index contributed by atoms with van der Waals surface area (Å²) < 4.78 is 5.80. The fourth-order valence-electron chi connectivity index (χ4n) is 2.42. The molecule has 0 saturated heterocycles. The molecule has 0 bridgehead atoms. The van der Waals surface area contributed by atoms with E-state index in [1.54, 1.807) is 0 Å². The summed E-state index contributed by atoms with van der Waals surface area (Å²) in [5.41, 5.74) is 8.17. The van der Waals surface area contributed by atoms with Gasteiger partial charge in [-0.1, -0.05) is 13.3 Å². The number of oxazole rings is 1. The Hall–Kier alpha value is -1.55. The number of unbranched alkanes of at least 4 members (excludes halogenated alkanes) is 1. The second-order valence-corrected chi connectivity index (χ2v) is 5.39. The van der Waals surface area contributed by atoms with Crippen molar-refractivity contribution in [2.45, 2.75) is 45.2 Å². The number of fused-ring (bicyclic) bond motifs is 1. The topological polar surface area (TPSA) is 55.3 Å². The lowest BCUT2D eigenvalue weighted by molar-refractivity contribution is 0.228. The van der Waals surface area contributed by atoms with E-state index in [0.717, 1.165) is 41.8 Å². The van der Waals surface area contributed by atoms with Gasteiger partial charge >= 0.3 is 0 Å². The zero-order valence-electron chi connectivity index (χ0n) is 11.4. The number of hydrogen-bond acceptors (Lipinski definition) is 4. The van der Waals surface area contributed by atoms with Gasteiger partial charge in [-0.2, -0.15) is 0 Å². The number of rotatable bonds is 6. The molecule has 4 heteroatoms. The predicted octanol–water partition coefficient (Wildman–Crippen LogP) is 3.17.